The first-order valence-electron chi connectivity index (χ1n) is 6.22. The van der Waals surface area contributed by atoms with Crippen molar-refractivity contribution in [2.75, 3.05) is 0 Å². The zero-order valence-corrected chi connectivity index (χ0v) is 12.6. The molecule has 0 N–H and O–H groups in total. The first-order chi connectivity index (χ1) is 9.42. The topological polar surface area (TPSA) is 0 Å². The van der Waals surface area contributed by atoms with E-state index in [1.807, 2.05) is 22.7 Å². The maximum atomic E-state index is 2.27. The van der Waals surface area contributed by atoms with Crippen molar-refractivity contribution in [1.82, 2.24) is 0 Å². The Bertz CT molecular complexity index is 868. The molecular weight excluding hydrogens is 284 g/mol. The normalized spacial score (nSPS) is 13.1. The average Bonchev–Trinajstić information content (AvgIpc) is 3.07. The van der Waals surface area contributed by atoms with Gasteiger partial charge in [-0.15, -0.1) is 22.7 Å². The molecule has 0 atom stereocenters. The second-order valence-corrected chi connectivity index (χ2v) is 8.08. The van der Waals surface area contributed by atoms with Crippen LogP contribution < -0.4 is 10.4 Å². The highest BCUT2D eigenvalue weighted by atomic mass is 32.1. The van der Waals surface area contributed by atoms with Gasteiger partial charge in [0.25, 0.3) is 0 Å². The Kier molecular flexibility index (Phi) is 1.95. The van der Waals surface area contributed by atoms with Crippen molar-refractivity contribution in [3.8, 4) is 9.75 Å². The number of fused-ring (bicyclic) bond motifs is 7. The van der Waals surface area contributed by atoms with Crippen LogP contribution >= 0.6 is 22.7 Å². The van der Waals surface area contributed by atoms with Gasteiger partial charge >= 0.3 is 0 Å². The molecule has 3 heteroatoms. The number of rotatable bonds is 0. The molecule has 2 aromatic heterocycles. The number of hydrogen-bond acceptors (Lipinski definition) is 2. The molecule has 0 saturated heterocycles. The van der Waals surface area contributed by atoms with Crippen LogP contribution in [0.15, 0.2) is 48.5 Å². The molecule has 0 bridgehead atoms. The van der Waals surface area contributed by atoms with Gasteiger partial charge in [-0.25, -0.2) is 0 Å². The first-order valence-corrected chi connectivity index (χ1v) is 8.85. The average molecular weight is 292 g/mol. The molecule has 19 heavy (non-hydrogen) atoms. The Morgan fingerprint density at radius 2 is 1.11 bits per heavy atom. The fourth-order valence-corrected chi connectivity index (χ4v) is 7.55. The monoisotopic (exact) mass is 292 g/mol. The van der Waals surface area contributed by atoms with Crippen molar-refractivity contribution < 1.29 is 0 Å². The highest BCUT2D eigenvalue weighted by Gasteiger charge is 2.27. The van der Waals surface area contributed by atoms with Crippen LogP contribution in [-0.2, 0) is 0 Å². The Labute approximate surface area is 121 Å². The summed E-state index contributed by atoms with van der Waals surface area (Å²) in [5, 5.41) is 6.09. The smallest absolute Gasteiger partial charge is 0.127 e. The van der Waals surface area contributed by atoms with E-state index in [9.17, 15) is 0 Å². The maximum absolute atomic E-state index is 2.27. The summed E-state index contributed by atoms with van der Waals surface area (Å²) in [6.07, 6.45) is 0. The van der Waals surface area contributed by atoms with Crippen LogP contribution in [0.3, 0.4) is 0 Å². The van der Waals surface area contributed by atoms with Gasteiger partial charge in [-0.2, -0.15) is 0 Å². The summed E-state index contributed by atoms with van der Waals surface area (Å²) in [6, 6.07) is 17.6. The quantitative estimate of drug-likeness (QED) is 0.381. The molecule has 0 spiro atoms. The molecule has 1 aliphatic heterocycles. The van der Waals surface area contributed by atoms with Gasteiger partial charge in [-0.05, 0) is 33.3 Å². The zero-order valence-electron chi connectivity index (χ0n) is 9.94. The van der Waals surface area contributed by atoms with E-state index >= 15 is 0 Å². The molecule has 3 heterocycles. The molecule has 0 aliphatic carbocycles. The standard InChI is InChI=1S/C16H8S2Si/c1-3-7-11-9(5-1)15-13(17-11)14-16(19-15)10-6-2-4-8-12(10)18-14/h1-8H. The fraction of sp³-hybridized carbons (Fsp3) is 0. The molecule has 4 aromatic rings. The predicted molar refractivity (Wildman–Crippen MR) is 87.7 cm³/mol. The van der Waals surface area contributed by atoms with E-state index in [1.54, 1.807) is 10.4 Å². The van der Waals surface area contributed by atoms with Crippen molar-refractivity contribution >= 4 is 62.7 Å². The fourth-order valence-electron chi connectivity index (χ4n) is 2.78. The number of hydrogen-bond donors (Lipinski definition) is 0. The van der Waals surface area contributed by atoms with Crippen molar-refractivity contribution in [1.29, 1.82) is 0 Å². The lowest BCUT2D eigenvalue weighted by molar-refractivity contribution is 1.87. The Morgan fingerprint density at radius 3 is 1.63 bits per heavy atom. The minimum atomic E-state index is 0.828. The van der Waals surface area contributed by atoms with E-state index < -0.39 is 0 Å². The third-order valence-corrected chi connectivity index (χ3v) is 8.05. The summed E-state index contributed by atoms with van der Waals surface area (Å²) in [5.41, 5.74) is 0. The highest BCUT2D eigenvalue weighted by molar-refractivity contribution is 7.32. The molecule has 88 valence electrons. The predicted octanol–water partition coefficient (Wildman–Crippen LogP) is 3.75. The SMILES string of the molecule is c1ccc2c3c(sc2c1)-c1sc2ccccc2c1[Si]3. The molecule has 0 unspecified atom stereocenters. The van der Waals surface area contributed by atoms with E-state index in [-0.39, 0.29) is 0 Å². The van der Waals surface area contributed by atoms with E-state index in [4.69, 9.17) is 0 Å². The van der Waals surface area contributed by atoms with Gasteiger partial charge in [0, 0.05) is 19.2 Å². The van der Waals surface area contributed by atoms with Gasteiger partial charge in [-0.1, -0.05) is 36.4 Å². The minimum Gasteiger partial charge on any atom is -0.134 e. The second kappa shape index (κ2) is 3.57. The van der Waals surface area contributed by atoms with E-state index in [0.717, 1.165) is 9.52 Å². The lowest BCUT2D eigenvalue weighted by atomic mass is 10.2. The zero-order chi connectivity index (χ0) is 12.4. The minimum absolute atomic E-state index is 0.828. The molecule has 2 aromatic carbocycles. The Balaban J connectivity index is 1.91. The van der Waals surface area contributed by atoms with Crippen molar-refractivity contribution in [3.63, 3.8) is 0 Å². The Hall–Kier alpha value is -1.42. The number of thiophene rings is 2. The summed E-state index contributed by atoms with van der Waals surface area (Å²) in [6.45, 7) is 0. The lowest BCUT2D eigenvalue weighted by Crippen LogP contribution is -2.20. The molecule has 0 fully saturated rings. The molecule has 0 saturated carbocycles. The number of benzene rings is 2. The summed E-state index contributed by atoms with van der Waals surface area (Å²) in [4.78, 5) is 3.05. The van der Waals surface area contributed by atoms with Crippen LogP contribution in [0.2, 0.25) is 0 Å². The molecule has 0 nitrogen and oxygen atoms in total. The largest absolute Gasteiger partial charge is 0.134 e. The van der Waals surface area contributed by atoms with E-state index in [0.29, 0.717) is 0 Å². The van der Waals surface area contributed by atoms with E-state index in [1.165, 1.54) is 29.9 Å². The third-order valence-electron chi connectivity index (χ3n) is 3.65. The summed E-state index contributed by atoms with van der Waals surface area (Å²) >= 11 is 3.92. The maximum Gasteiger partial charge on any atom is 0.127 e. The van der Waals surface area contributed by atoms with Crippen molar-refractivity contribution in [2.45, 2.75) is 0 Å². The van der Waals surface area contributed by atoms with Gasteiger partial charge < -0.3 is 0 Å². The highest BCUT2D eigenvalue weighted by Crippen LogP contribution is 2.39. The molecule has 2 radical (unpaired) electrons. The van der Waals surface area contributed by atoms with Gasteiger partial charge in [0.15, 0.2) is 0 Å². The van der Waals surface area contributed by atoms with Crippen LogP contribution in [0.1, 0.15) is 0 Å². The Morgan fingerprint density at radius 1 is 0.632 bits per heavy atom. The lowest BCUT2D eigenvalue weighted by Gasteiger charge is -1.94. The molecular formula is C16H8S2Si. The van der Waals surface area contributed by atoms with E-state index in [2.05, 4.69) is 48.5 Å². The van der Waals surface area contributed by atoms with Gasteiger partial charge in [0.1, 0.15) is 9.52 Å². The van der Waals surface area contributed by atoms with Crippen LogP contribution in [0, 0.1) is 0 Å². The van der Waals surface area contributed by atoms with Gasteiger partial charge in [-0.3, -0.25) is 0 Å². The van der Waals surface area contributed by atoms with Crippen molar-refractivity contribution in [3.05, 3.63) is 48.5 Å². The summed E-state index contributed by atoms with van der Waals surface area (Å²) < 4.78 is 2.87. The van der Waals surface area contributed by atoms with Crippen LogP contribution in [-0.4, -0.2) is 9.52 Å². The van der Waals surface area contributed by atoms with Gasteiger partial charge in [0.05, 0.1) is 0 Å². The second-order valence-electron chi connectivity index (χ2n) is 4.73. The molecule has 0 amide bonds. The molecule has 5 rings (SSSR count). The third kappa shape index (κ3) is 1.27. The van der Waals surface area contributed by atoms with Crippen LogP contribution in [0.25, 0.3) is 29.9 Å². The van der Waals surface area contributed by atoms with Crippen LogP contribution in [0.4, 0.5) is 0 Å². The molecule has 1 aliphatic rings. The first kappa shape index (κ1) is 10.4. The summed E-state index contributed by atoms with van der Waals surface area (Å²) in [7, 11) is 0.828. The van der Waals surface area contributed by atoms with Crippen LogP contribution in [0.5, 0.6) is 0 Å². The van der Waals surface area contributed by atoms with Gasteiger partial charge in [0.2, 0.25) is 0 Å². The van der Waals surface area contributed by atoms with Crippen molar-refractivity contribution in [2.24, 2.45) is 0 Å². The summed E-state index contributed by atoms with van der Waals surface area (Å²) in [5.74, 6) is 0.